The van der Waals surface area contributed by atoms with Crippen molar-refractivity contribution in [3.63, 3.8) is 0 Å². The van der Waals surface area contributed by atoms with E-state index >= 15 is 0 Å². The predicted octanol–water partition coefficient (Wildman–Crippen LogP) is 2.74. The molecule has 1 aliphatic rings. The van der Waals surface area contributed by atoms with E-state index in [4.69, 9.17) is 0 Å². The first kappa shape index (κ1) is 9.54. The Bertz CT molecular complexity index is 541. The topological polar surface area (TPSA) is 0 Å². The van der Waals surface area contributed by atoms with Crippen molar-refractivity contribution in [2.75, 3.05) is 0 Å². The Morgan fingerprint density at radius 1 is 1.00 bits per heavy atom. The van der Waals surface area contributed by atoms with E-state index in [-0.39, 0.29) is 0 Å². The first-order valence-electron chi connectivity index (χ1n) is 5.20. The van der Waals surface area contributed by atoms with Crippen LogP contribution >= 0.6 is 0 Å². The first-order valence-corrected chi connectivity index (χ1v) is 6.42. The molecule has 2 aromatic rings. The number of fused-ring (bicyclic) bond motifs is 3. The molecule has 0 fully saturated rings. The monoisotopic (exact) mass is 269 g/mol. The van der Waals surface area contributed by atoms with Crippen LogP contribution in [0.3, 0.4) is 0 Å². The Balaban J connectivity index is 2.31. The molecular formula is C14H11Zr. The van der Waals surface area contributed by atoms with Crippen LogP contribution in [0.1, 0.15) is 16.7 Å². The van der Waals surface area contributed by atoms with Crippen LogP contribution in [0.5, 0.6) is 0 Å². The summed E-state index contributed by atoms with van der Waals surface area (Å²) in [7, 11) is 0. The minimum atomic E-state index is 1.13. The van der Waals surface area contributed by atoms with Crippen LogP contribution in [0.2, 0.25) is 0 Å². The molecule has 0 aromatic heterocycles. The van der Waals surface area contributed by atoms with Crippen molar-refractivity contribution < 1.29 is 24.7 Å². The van der Waals surface area contributed by atoms with Crippen LogP contribution < -0.4 is 3.27 Å². The van der Waals surface area contributed by atoms with Gasteiger partial charge in [0.25, 0.3) is 0 Å². The molecule has 0 radical (unpaired) electrons. The molecule has 71 valence electrons. The Labute approximate surface area is 105 Å². The molecule has 1 heteroatoms. The predicted molar refractivity (Wildman–Crippen MR) is 59.1 cm³/mol. The third-order valence-corrected chi connectivity index (χ3v) is 4.91. The molecule has 0 atom stereocenters. The van der Waals surface area contributed by atoms with Gasteiger partial charge < -0.3 is 0 Å². The maximum absolute atomic E-state index is 2.28. The van der Waals surface area contributed by atoms with Crippen molar-refractivity contribution in [2.45, 2.75) is 13.3 Å². The van der Waals surface area contributed by atoms with E-state index in [9.17, 15) is 0 Å². The normalized spacial score (nSPS) is 12.3. The summed E-state index contributed by atoms with van der Waals surface area (Å²) in [6, 6.07) is 13.3. The number of benzene rings is 2. The fourth-order valence-corrected chi connectivity index (χ4v) is 3.08. The van der Waals surface area contributed by atoms with Gasteiger partial charge in [0.1, 0.15) is 0 Å². The molecule has 0 nitrogen and oxygen atoms in total. The Kier molecular flexibility index (Phi) is 2.18. The van der Waals surface area contributed by atoms with Gasteiger partial charge in [-0.2, -0.15) is 0 Å². The number of aryl methyl sites for hydroxylation is 1. The minimum absolute atomic E-state index is 1.13. The van der Waals surface area contributed by atoms with Crippen LogP contribution in [-0.2, 0) is 31.1 Å². The zero-order chi connectivity index (χ0) is 10.4. The van der Waals surface area contributed by atoms with E-state index in [0.717, 1.165) is 6.42 Å². The van der Waals surface area contributed by atoms with Crippen molar-refractivity contribution in [3.05, 3.63) is 53.1 Å². The number of rotatable bonds is 0. The molecule has 0 unspecified atom stereocenters. The van der Waals surface area contributed by atoms with Crippen molar-refractivity contribution in [1.29, 1.82) is 0 Å². The summed E-state index contributed by atoms with van der Waals surface area (Å²) in [6.45, 7) is 2.22. The average molecular weight is 270 g/mol. The summed E-state index contributed by atoms with van der Waals surface area (Å²) in [5, 5.41) is 0. The molecule has 1 aliphatic carbocycles. The van der Waals surface area contributed by atoms with Crippen LogP contribution in [0.4, 0.5) is 0 Å². The Morgan fingerprint density at radius 2 is 1.80 bits per heavy atom. The van der Waals surface area contributed by atoms with Crippen LogP contribution in [0.15, 0.2) is 36.4 Å². The quantitative estimate of drug-likeness (QED) is 0.589. The van der Waals surface area contributed by atoms with Crippen molar-refractivity contribution in [2.24, 2.45) is 0 Å². The molecular weight excluding hydrogens is 259 g/mol. The fraction of sp³-hybridized carbons (Fsp3) is 0.143. The van der Waals surface area contributed by atoms with Gasteiger partial charge in [-0.25, -0.2) is 0 Å². The maximum atomic E-state index is 2.28. The van der Waals surface area contributed by atoms with Crippen LogP contribution in [0, 0.1) is 6.92 Å². The molecule has 2 aromatic carbocycles. The first-order chi connectivity index (χ1) is 7.27. The second-order valence-corrected chi connectivity index (χ2v) is 5.35. The summed E-state index contributed by atoms with van der Waals surface area (Å²) in [5.41, 5.74) is 7.40. The molecule has 0 amide bonds. The molecule has 3 rings (SSSR count). The molecule has 0 saturated carbocycles. The molecule has 0 saturated heterocycles. The van der Waals surface area contributed by atoms with Crippen molar-refractivity contribution >= 4 is 3.27 Å². The fourth-order valence-electron chi connectivity index (χ4n) is 2.33. The zero-order valence-corrected chi connectivity index (χ0v) is 11.1. The second kappa shape index (κ2) is 3.42. The molecule has 0 N–H and O–H groups in total. The zero-order valence-electron chi connectivity index (χ0n) is 8.67. The van der Waals surface area contributed by atoms with Crippen molar-refractivity contribution in [1.82, 2.24) is 0 Å². The standard InChI is InChI=1S/C14H11.Zr/c1-10-6-7-14-12(8-10)9-11-4-2-3-5-13(11)14;/h2-7H,9H2,1H3;. The third-order valence-electron chi connectivity index (χ3n) is 3.20. The Morgan fingerprint density at radius 3 is 2.67 bits per heavy atom. The van der Waals surface area contributed by atoms with Gasteiger partial charge in [0, 0.05) is 0 Å². The van der Waals surface area contributed by atoms with Gasteiger partial charge in [0.15, 0.2) is 0 Å². The van der Waals surface area contributed by atoms with Crippen molar-refractivity contribution in [3.8, 4) is 11.1 Å². The third kappa shape index (κ3) is 1.37. The summed E-state index contributed by atoms with van der Waals surface area (Å²) in [6.07, 6.45) is 1.13. The van der Waals surface area contributed by atoms with E-state index in [1.165, 1.54) is 47.0 Å². The van der Waals surface area contributed by atoms with E-state index in [2.05, 4.69) is 43.3 Å². The summed E-state index contributed by atoms with van der Waals surface area (Å²) in [5.74, 6) is 0. The molecule has 0 aliphatic heterocycles. The summed E-state index contributed by atoms with van der Waals surface area (Å²) < 4.78 is 1.55. The van der Waals surface area contributed by atoms with E-state index in [0.29, 0.717) is 0 Å². The van der Waals surface area contributed by atoms with E-state index in [1.54, 1.807) is 8.83 Å². The van der Waals surface area contributed by atoms with Crippen LogP contribution in [-0.4, -0.2) is 0 Å². The second-order valence-electron chi connectivity index (χ2n) is 4.12. The Hall–Kier alpha value is -0.677. The van der Waals surface area contributed by atoms with Gasteiger partial charge >= 0.3 is 106 Å². The molecule has 0 bridgehead atoms. The van der Waals surface area contributed by atoms with E-state index in [1.807, 2.05) is 0 Å². The van der Waals surface area contributed by atoms with Gasteiger partial charge in [-0.05, 0) is 0 Å². The van der Waals surface area contributed by atoms with Crippen LogP contribution in [0.25, 0.3) is 11.1 Å². The average Bonchev–Trinajstić information content (AvgIpc) is 2.63. The molecule has 15 heavy (non-hydrogen) atoms. The number of hydrogen-bond acceptors (Lipinski definition) is 0. The van der Waals surface area contributed by atoms with E-state index < -0.39 is 0 Å². The molecule has 0 heterocycles. The SMILES string of the molecule is Cc1ccc2c([c]1[Zr])Cc1ccccc1-2. The van der Waals surface area contributed by atoms with Gasteiger partial charge in [-0.1, -0.05) is 0 Å². The summed E-state index contributed by atoms with van der Waals surface area (Å²) in [4.78, 5) is 0. The van der Waals surface area contributed by atoms with Gasteiger partial charge in [0.05, 0.1) is 0 Å². The molecule has 0 spiro atoms. The summed E-state index contributed by atoms with van der Waals surface area (Å²) >= 11 is 1.54. The van der Waals surface area contributed by atoms with Gasteiger partial charge in [-0.3, -0.25) is 0 Å². The number of hydrogen-bond donors (Lipinski definition) is 0. The van der Waals surface area contributed by atoms with Gasteiger partial charge in [0.2, 0.25) is 0 Å². The van der Waals surface area contributed by atoms with Gasteiger partial charge in [-0.15, -0.1) is 0 Å².